The molecule has 32 heavy (non-hydrogen) atoms. The van der Waals surface area contributed by atoms with Crippen LogP contribution in [-0.2, 0) is 11.2 Å². The Morgan fingerprint density at radius 1 is 1.25 bits per heavy atom. The van der Waals surface area contributed by atoms with Crippen molar-refractivity contribution in [1.29, 1.82) is 0 Å². The Hall–Kier alpha value is -3.87. The van der Waals surface area contributed by atoms with E-state index in [-0.39, 0.29) is 0 Å². The molecule has 0 radical (unpaired) electrons. The van der Waals surface area contributed by atoms with E-state index in [1.165, 1.54) is 62.0 Å². The first-order chi connectivity index (χ1) is 15.7. The third-order valence-electron chi connectivity index (χ3n) is 4.76. The largest absolute Gasteiger partial charge is 0.488 e. The number of pyridine rings is 1. The smallest absolute Gasteiger partial charge is 0.256 e. The van der Waals surface area contributed by atoms with Gasteiger partial charge in [-0.15, -0.1) is 0 Å². The van der Waals surface area contributed by atoms with Gasteiger partial charge >= 0.3 is 0 Å². The molecule has 0 aliphatic heterocycles. The summed E-state index contributed by atoms with van der Waals surface area (Å²) in [6.45, 7) is 0.470. The molecular weight excluding hydrogens is 406 g/mol. The Labute approximate surface area is 187 Å². The van der Waals surface area contributed by atoms with Crippen molar-refractivity contribution in [1.82, 2.24) is 4.98 Å². The molecule has 2 aromatic rings. The summed E-state index contributed by atoms with van der Waals surface area (Å²) in [5.41, 5.74) is 7.83. The van der Waals surface area contributed by atoms with Gasteiger partial charge in [0.15, 0.2) is 5.75 Å². The normalized spacial score (nSPS) is 14.3. The van der Waals surface area contributed by atoms with Crippen LogP contribution in [0.25, 0.3) is 0 Å². The maximum absolute atomic E-state index is 10.7. The van der Waals surface area contributed by atoms with Crippen LogP contribution in [0.5, 0.6) is 17.4 Å². The van der Waals surface area contributed by atoms with E-state index in [2.05, 4.69) is 34.2 Å². The first-order valence-electron chi connectivity index (χ1n) is 10.4. The highest BCUT2D eigenvalue weighted by molar-refractivity contribution is 5.65. The van der Waals surface area contributed by atoms with Crippen LogP contribution in [0.1, 0.15) is 29.9 Å². The van der Waals surface area contributed by atoms with E-state index in [4.69, 9.17) is 19.9 Å². The highest BCUT2D eigenvalue weighted by Gasteiger charge is 2.22. The van der Waals surface area contributed by atoms with Crippen molar-refractivity contribution < 1.29 is 19.0 Å². The summed E-state index contributed by atoms with van der Waals surface area (Å²) in [6, 6.07) is 10.4. The number of rotatable bonds is 12. The number of allylic oxidation sites excluding steroid dienone is 4. The molecule has 0 spiro atoms. The van der Waals surface area contributed by atoms with Crippen LogP contribution in [0.2, 0.25) is 0 Å². The standard InChI is InChI=1S/C25H27N3O4/c1-30-25-24(31-15-12-19-6-8-20(9-7-19)21-10-11-21)16-23(17-28-25)32-22(5-3-14-29)4-2-13-27-18-26/h2-9,13-14,16-18,21H,10-12,15H2,1H3,(H2,26,27)/b5-3-,13-2-,22-4+. The molecule has 3 rings (SSSR count). The average molecular weight is 434 g/mol. The Kier molecular flexibility index (Phi) is 8.62. The minimum Gasteiger partial charge on any atom is -0.488 e. The summed E-state index contributed by atoms with van der Waals surface area (Å²) >= 11 is 0. The van der Waals surface area contributed by atoms with E-state index >= 15 is 0 Å². The number of benzene rings is 1. The van der Waals surface area contributed by atoms with E-state index < -0.39 is 0 Å². The minimum atomic E-state index is 0.368. The number of nitrogens with two attached hydrogens (primary N) is 1. The predicted molar refractivity (Wildman–Crippen MR) is 124 cm³/mol. The van der Waals surface area contributed by atoms with Gasteiger partial charge in [-0.1, -0.05) is 24.3 Å². The molecule has 0 amide bonds. The molecule has 1 aromatic heterocycles. The van der Waals surface area contributed by atoms with Crippen molar-refractivity contribution in [2.45, 2.75) is 25.2 Å². The molecule has 1 aliphatic rings. The molecule has 0 unspecified atom stereocenters. The number of carbonyl (C=O) groups is 1. The van der Waals surface area contributed by atoms with Crippen LogP contribution in [0.15, 0.2) is 77.8 Å². The van der Waals surface area contributed by atoms with Gasteiger partial charge in [0, 0.05) is 18.7 Å². The summed E-state index contributed by atoms with van der Waals surface area (Å²) in [4.78, 5) is 18.7. The zero-order chi connectivity index (χ0) is 22.6. The number of aldehydes is 1. The Bertz CT molecular complexity index is 1010. The zero-order valence-electron chi connectivity index (χ0n) is 18.0. The lowest BCUT2D eigenvalue weighted by molar-refractivity contribution is -0.104. The molecule has 0 bridgehead atoms. The number of ether oxygens (including phenoxy) is 3. The van der Waals surface area contributed by atoms with E-state index in [1.807, 2.05) is 0 Å². The van der Waals surface area contributed by atoms with Crippen LogP contribution in [0.4, 0.5) is 0 Å². The van der Waals surface area contributed by atoms with Gasteiger partial charge in [-0.25, -0.2) is 9.98 Å². The number of hydrogen-bond acceptors (Lipinski definition) is 6. The van der Waals surface area contributed by atoms with Crippen molar-refractivity contribution in [2.75, 3.05) is 13.7 Å². The van der Waals surface area contributed by atoms with E-state index in [0.29, 0.717) is 36.0 Å². The number of aliphatic imine (C=N–C) groups is 1. The topological polar surface area (TPSA) is 96.0 Å². The summed E-state index contributed by atoms with van der Waals surface area (Å²) < 4.78 is 17.1. The third kappa shape index (κ3) is 7.12. The number of carbonyl (C=O) groups excluding carboxylic acids is 1. The maximum Gasteiger partial charge on any atom is 0.256 e. The second-order valence-corrected chi connectivity index (χ2v) is 7.10. The van der Waals surface area contributed by atoms with Gasteiger partial charge in [0.05, 0.1) is 26.3 Å². The van der Waals surface area contributed by atoms with Gasteiger partial charge in [-0.2, -0.15) is 0 Å². The highest BCUT2D eigenvalue weighted by Crippen LogP contribution is 2.39. The van der Waals surface area contributed by atoms with Crippen LogP contribution in [0.3, 0.4) is 0 Å². The zero-order valence-corrected chi connectivity index (χ0v) is 18.0. The molecule has 7 heteroatoms. The molecule has 2 N–H and O–H groups in total. The van der Waals surface area contributed by atoms with Crippen molar-refractivity contribution in [3.8, 4) is 17.4 Å². The average Bonchev–Trinajstić information content (AvgIpc) is 3.66. The van der Waals surface area contributed by atoms with E-state index in [0.717, 1.165) is 12.3 Å². The molecule has 1 saturated carbocycles. The van der Waals surface area contributed by atoms with Gasteiger partial charge < -0.3 is 19.9 Å². The van der Waals surface area contributed by atoms with Gasteiger partial charge in [0.1, 0.15) is 17.8 Å². The van der Waals surface area contributed by atoms with E-state index in [1.54, 1.807) is 18.2 Å². The molecule has 166 valence electrons. The lowest BCUT2D eigenvalue weighted by Crippen LogP contribution is -2.04. The fourth-order valence-electron chi connectivity index (χ4n) is 3.01. The number of hydrogen-bond donors (Lipinski definition) is 1. The van der Waals surface area contributed by atoms with E-state index in [9.17, 15) is 4.79 Å². The maximum atomic E-state index is 10.7. The molecule has 7 nitrogen and oxygen atoms in total. The monoisotopic (exact) mass is 433 g/mol. The quantitative estimate of drug-likeness (QED) is 0.135. The van der Waals surface area contributed by atoms with Gasteiger partial charge in [-0.05, 0) is 54.2 Å². The van der Waals surface area contributed by atoms with Crippen molar-refractivity contribution in [3.63, 3.8) is 0 Å². The lowest BCUT2D eigenvalue weighted by Gasteiger charge is -2.12. The van der Waals surface area contributed by atoms with Gasteiger partial charge in [0.25, 0.3) is 5.88 Å². The number of methoxy groups -OCH3 is 1. The van der Waals surface area contributed by atoms with Crippen molar-refractivity contribution >= 4 is 12.6 Å². The highest BCUT2D eigenvalue weighted by atomic mass is 16.5. The fraction of sp³-hybridized carbons (Fsp3) is 0.240. The number of aromatic nitrogens is 1. The van der Waals surface area contributed by atoms with Crippen LogP contribution in [0, 0.1) is 0 Å². The molecule has 1 aromatic carbocycles. The first-order valence-corrected chi connectivity index (χ1v) is 10.4. The molecule has 1 fully saturated rings. The van der Waals surface area contributed by atoms with Crippen molar-refractivity contribution in [2.24, 2.45) is 10.7 Å². The third-order valence-corrected chi connectivity index (χ3v) is 4.76. The molecular formula is C25H27N3O4. The Balaban J connectivity index is 1.65. The molecule has 1 aliphatic carbocycles. The summed E-state index contributed by atoms with van der Waals surface area (Å²) in [5.74, 6) is 2.44. The summed E-state index contributed by atoms with van der Waals surface area (Å²) in [5, 5.41) is 0. The lowest BCUT2D eigenvalue weighted by atomic mass is 10.1. The Morgan fingerprint density at radius 2 is 2.06 bits per heavy atom. The fourth-order valence-corrected chi connectivity index (χ4v) is 3.01. The molecule has 1 heterocycles. The molecule has 0 saturated heterocycles. The predicted octanol–water partition coefficient (Wildman–Crippen LogP) is 4.11. The molecule has 0 atom stereocenters. The van der Waals surface area contributed by atoms with Crippen LogP contribution >= 0.6 is 0 Å². The van der Waals surface area contributed by atoms with Gasteiger partial charge in [-0.3, -0.25) is 4.79 Å². The van der Waals surface area contributed by atoms with Crippen molar-refractivity contribution in [3.05, 3.63) is 83.9 Å². The second kappa shape index (κ2) is 12.1. The number of nitrogens with zero attached hydrogens (tertiary/aromatic N) is 2. The second-order valence-electron chi connectivity index (χ2n) is 7.10. The van der Waals surface area contributed by atoms with Crippen LogP contribution < -0.4 is 19.9 Å². The SMILES string of the molecule is COc1ncc(OC(/C=C\C=O)=C/C=C\N=CN)cc1OCCc1ccc(C2CC2)cc1. The van der Waals surface area contributed by atoms with Crippen LogP contribution in [-0.4, -0.2) is 31.3 Å². The van der Waals surface area contributed by atoms with Gasteiger partial charge in [0.2, 0.25) is 0 Å². The Morgan fingerprint density at radius 3 is 2.75 bits per heavy atom. The summed E-state index contributed by atoms with van der Waals surface area (Å²) in [6.07, 6.45) is 14.3. The first kappa shape index (κ1) is 22.8. The minimum absolute atomic E-state index is 0.368. The summed E-state index contributed by atoms with van der Waals surface area (Å²) in [7, 11) is 1.53.